The minimum Gasteiger partial charge on any atom is -0.448 e. The Kier molecular flexibility index (Phi) is 4.46. The van der Waals surface area contributed by atoms with Gasteiger partial charge in [-0.2, -0.15) is 0 Å². The number of carbonyl (C=O) groups excluding carboxylic acids is 1. The molecule has 3 nitrogen and oxygen atoms in total. The van der Waals surface area contributed by atoms with E-state index in [1.807, 2.05) is 25.1 Å². The molecule has 14 heavy (non-hydrogen) atoms. The van der Waals surface area contributed by atoms with E-state index in [-0.39, 0.29) is 4.83 Å². The Hall–Kier alpha value is -1.03. The molecule has 1 unspecified atom stereocenters. The summed E-state index contributed by atoms with van der Waals surface area (Å²) >= 11 is 3.28. The first-order valence-corrected chi connectivity index (χ1v) is 5.23. The summed E-state index contributed by atoms with van der Waals surface area (Å²) in [6.45, 7) is 2.27. The van der Waals surface area contributed by atoms with Crippen LogP contribution in [-0.2, 0) is 4.74 Å². The highest BCUT2D eigenvalue weighted by atomic mass is 79.9. The Morgan fingerprint density at radius 2 is 2.14 bits per heavy atom. The Balaban J connectivity index is 2.35. The molecule has 0 aliphatic heterocycles. The van der Waals surface area contributed by atoms with E-state index in [4.69, 9.17) is 4.74 Å². The van der Waals surface area contributed by atoms with Gasteiger partial charge in [0.25, 0.3) is 0 Å². The number of nitrogens with one attached hydrogen (secondary N) is 1. The van der Waals surface area contributed by atoms with E-state index in [1.54, 1.807) is 12.1 Å². The third-order valence-corrected chi connectivity index (χ3v) is 1.73. The normalized spacial score (nSPS) is 11.9. The number of hydrogen-bond acceptors (Lipinski definition) is 2. The van der Waals surface area contributed by atoms with Gasteiger partial charge in [-0.05, 0) is 19.1 Å². The minimum absolute atomic E-state index is 0.170. The summed E-state index contributed by atoms with van der Waals surface area (Å²) in [7, 11) is 0. The van der Waals surface area contributed by atoms with Crippen LogP contribution in [0.5, 0.6) is 0 Å². The predicted molar refractivity (Wildman–Crippen MR) is 59.8 cm³/mol. The molecule has 0 radical (unpaired) electrons. The summed E-state index contributed by atoms with van der Waals surface area (Å²) in [6.07, 6.45) is -0.428. The van der Waals surface area contributed by atoms with Gasteiger partial charge >= 0.3 is 6.09 Å². The smallest absolute Gasteiger partial charge is 0.411 e. The number of para-hydroxylation sites is 1. The molecule has 1 atom stereocenters. The Morgan fingerprint density at radius 3 is 2.71 bits per heavy atom. The number of alkyl halides is 1. The van der Waals surface area contributed by atoms with E-state index in [1.165, 1.54) is 0 Å². The molecule has 1 amide bonds. The Labute approximate surface area is 91.6 Å². The second kappa shape index (κ2) is 5.65. The van der Waals surface area contributed by atoms with E-state index >= 15 is 0 Å². The lowest BCUT2D eigenvalue weighted by molar-refractivity contribution is 0.163. The molecular formula is C10H12BrNO2. The molecule has 4 heteroatoms. The van der Waals surface area contributed by atoms with Crippen LogP contribution in [0.15, 0.2) is 30.3 Å². The number of rotatable bonds is 3. The maximum absolute atomic E-state index is 11.2. The van der Waals surface area contributed by atoms with Crippen molar-refractivity contribution in [1.82, 2.24) is 0 Å². The first-order chi connectivity index (χ1) is 6.68. The summed E-state index contributed by atoms with van der Waals surface area (Å²) in [6, 6.07) is 9.19. The number of ether oxygens (including phenoxy) is 1. The van der Waals surface area contributed by atoms with Gasteiger partial charge in [0.05, 0.1) is 0 Å². The highest BCUT2D eigenvalue weighted by Crippen LogP contribution is 2.06. The van der Waals surface area contributed by atoms with Crippen LogP contribution in [0.1, 0.15) is 6.92 Å². The average Bonchev–Trinajstić information content (AvgIpc) is 2.16. The molecule has 0 spiro atoms. The van der Waals surface area contributed by atoms with Gasteiger partial charge in [0.15, 0.2) is 0 Å². The second-order valence-corrected chi connectivity index (χ2v) is 4.43. The summed E-state index contributed by atoms with van der Waals surface area (Å²) in [5, 5.41) is 2.62. The van der Waals surface area contributed by atoms with Gasteiger partial charge < -0.3 is 4.74 Å². The van der Waals surface area contributed by atoms with Crippen molar-refractivity contribution >= 4 is 27.7 Å². The van der Waals surface area contributed by atoms with Crippen LogP contribution < -0.4 is 5.32 Å². The van der Waals surface area contributed by atoms with Crippen molar-refractivity contribution in [3.63, 3.8) is 0 Å². The van der Waals surface area contributed by atoms with E-state index in [2.05, 4.69) is 21.2 Å². The zero-order valence-electron chi connectivity index (χ0n) is 7.87. The summed E-state index contributed by atoms with van der Waals surface area (Å²) in [5.74, 6) is 0. The number of benzene rings is 1. The molecule has 1 rings (SSSR count). The summed E-state index contributed by atoms with van der Waals surface area (Å²) in [4.78, 5) is 11.3. The lowest BCUT2D eigenvalue weighted by Crippen LogP contribution is -2.17. The summed E-state index contributed by atoms with van der Waals surface area (Å²) in [5.41, 5.74) is 0.736. The first-order valence-electron chi connectivity index (χ1n) is 4.31. The van der Waals surface area contributed by atoms with Gasteiger partial charge in [0.1, 0.15) is 6.61 Å². The van der Waals surface area contributed by atoms with Gasteiger partial charge in [-0.25, -0.2) is 4.79 Å². The number of amides is 1. The fraction of sp³-hybridized carbons (Fsp3) is 0.300. The maximum atomic E-state index is 11.2. The molecule has 0 fully saturated rings. The molecule has 1 aromatic rings. The average molecular weight is 258 g/mol. The van der Waals surface area contributed by atoms with Gasteiger partial charge in [-0.1, -0.05) is 34.1 Å². The number of hydrogen-bond donors (Lipinski definition) is 1. The van der Waals surface area contributed by atoms with Gasteiger partial charge in [0.2, 0.25) is 0 Å². The predicted octanol–water partition coefficient (Wildman–Crippen LogP) is 3.02. The zero-order chi connectivity index (χ0) is 10.4. The van der Waals surface area contributed by atoms with Crippen molar-refractivity contribution < 1.29 is 9.53 Å². The minimum atomic E-state index is -0.428. The molecular weight excluding hydrogens is 246 g/mol. The number of carbonyl (C=O) groups is 1. The maximum Gasteiger partial charge on any atom is 0.411 e. The molecule has 1 N–H and O–H groups in total. The fourth-order valence-corrected chi connectivity index (χ4v) is 0.998. The van der Waals surface area contributed by atoms with E-state index in [9.17, 15) is 4.79 Å². The monoisotopic (exact) mass is 257 g/mol. The van der Waals surface area contributed by atoms with Gasteiger partial charge in [-0.15, -0.1) is 0 Å². The quantitative estimate of drug-likeness (QED) is 0.846. The van der Waals surface area contributed by atoms with Crippen LogP contribution in [0.2, 0.25) is 0 Å². The van der Waals surface area contributed by atoms with Gasteiger partial charge in [-0.3, -0.25) is 5.32 Å². The van der Waals surface area contributed by atoms with Crippen molar-refractivity contribution in [3.05, 3.63) is 30.3 Å². The second-order valence-electron chi connectivity index (χ2n) is 2.87. The van der Waals surface area contributed by atoms with E-state index in [0.717, 1.165) is 5.69 Å². The summed E-state index contributed by atoms with van der Waals surface area (Å²) < 4.78 is 4.91. The topological polar surface area (TPSA) is 38.3 Å². The lowest BCUT2D eigenvalue weighted by Gasteiger charge is -2.07. The molecule has 0 saturated heterocycles. The van der Waals surface area contributed by atoms with Gasteiger partial charge in [0, 0.05) is 10.5 Å². The molecule has 76 valence electrons. The van der Waals surface area contributed by atoms with Crippen molar-refractivity contribution in [1.29, 1.82) is 0 Å². The van der Waals surface area contributed by atoms with Crippen LogP contribution >= 0.6 is 15.9 Å². The Bertz CT molecular complexity index is 287. The highest BCUT2D eigenvalue weighted by molar-refractivity contribution is 9.09. The van der Waals surface area contributed by atoms with E-state index in [0.29, 0.717) is 6.61 Å². The van der Waals surface area contributed by atoms with Crippen molar-refractivity contribution in [2.24, 2.45) is 0 Å². The SMILES string of the molecule is CC(Br)COC(=O)Nc1ccccc1. The largest absolute Gasteiger partial charge is 0.448 e. The van der Waals surface area contributed by atoms with Crippen LogP contribution in [-0.4, -0.2) is 17.5 Å². The molecule has 0 saturated carbocycles. The van der Waals surface area contributed by atoms with Crippen molar-refractivity contribution in [2.45, 2.75) is 11.8 Å². The van der Waals surface area contributed by atoms with Crippen LogP contribution in [0.4, 0.5) is 10.5 Å². The molecule has 0 aliphatic carbocycles. The zero-order valence-corrected chi connectivity index (χ0v) is 9.45. The Morgan fingerprint density at radius 1 is 1.50 bits per heavy atom. The van der Waals surface area contributed by atoms with E-state index < -0.39 is 6.09 Å². The molecule has 0 aromatic heterocycles. The third kappa shape index (κ3) is 4.28. The van der Waals surface area contributed by atoms with Crippen LogP contribution in [0.3, 0.4) is 0 Å². The third-order valence-electron chi connectivity index (χ3n) is 1.46. The number of anilines is 1. The van der Waals surface area contributed by atoms with Crippen LogP contribution in [0.25, 0.3) is 0 Å². The van der Waals surface area contributed by atoms with Crippen molar-refractivity contribution in [3.8, 4) is 0 Å². The standard InChI is InChI=1S/C10H12BrNO2/c1-8(11)7-14-10(13)12-9-5-3-2-4-6-9/h2-6,8H,7H2,1H3,(H,12,13). The van der Waals surface area contributed by atoms with Crippen molar-refractivity contribution in [2.75, 3.05) is 11.9 Å². The number of halogens is 1. The highest BCUT2D eigenvalue weighted by Gasteiger charge is 2.03. The molecule has 0 heterocycles. The molecule has 1 aromatic carbocycles. The fourth-order valence-electron chi connectivity index (χ4n) is 0.866. The molecule has 0 aliphatic rings. The first kappa shape index (κ1) is 11.0. The molecule has 0 bridgehead atoms. The lowest BCUT2D eigenvalue weighted by atomic mass is 10.3. The van der Waals surface area contributed by atoms with Crippen LogP contribution in [0, 0.1) is 0 Å².